The van der Waals surface area contributed by atoms with E-state index < -0.39 is 0 Å². The maximum absolute atomic E-state index is 12.0. The minimum Gasteiger partial charge on any atom is -0.368 e. The smallest absolute Gasteiger partial charge is 0.319 e. The number of hydrogen-bond donors (Lipinski definition) is 3. The predicted molar refractivity (Wildman–Crippen MR) is 112 cm³/mol. The average molecular weight is 378 g/mol. The Morgan fingerprint density at radius 2 is 1.75 bits per heavy atom. The van der Waals surface area contributed by atoms with Crippen molar-refractivity contribution in [3.8, 4) is 5.82 Å². The molecule has 0 spiro atoms. The summed E-state index contributed by atoms with van der Waals surface area (Å²) in [7, 11) is 0. The molecule has 0 atom stereocenters. The van der Waals surface area contributed by atoms with E-state index in [1.807, 2.05) is 59.4 Å². The molecule has 28 heavy (non-hydrogen) atoms. The Balaban J connectivity index is 1.43. The number of aromatic nitrogens is 3. The minimum atomic E-state index is -0.235. The zero-order chi connectivity index (χ0) is 20.0. The molecule has 0 unspecified atom stereocenters. The number of carbonyl (C=O) groups is 1. The Bertz CT molecular complexity index is 897. The largest absolute Gasteiger partial charge is 0.368 e. The lowest BCUT2D eigenvalue weighted by Gasteiger charge is -2.19. The number of urea groups is 1. The molecule has 0 aliphatic carbocycles. The van der Waals surface area contributed by atoms with Crippen molar-refractivity contribution < 1.29 is 4.79 Å². The summed E-state index contributed by atoms with van der Waals surface area (Å²) in [5, 5.41) is 8.85. The van der Waals surface area contributed by atoms with E-state index in [-0.39, 0.29) is 11.4 Å². The van der Waals surface area contributed by atoms with Crippen molar-refractivity contribution in [2.75, 3.05) is 23.7 Å². The summed E-state index contributed by atoms with van der Waals surface area (Å²) in [5.74, 6) is 1.49. The van der Waals surface area contributed by atoms with Gasteiger partial charge in [-0.25, -0.2) is 14.8 Å². The number of carbonyl (C=O) groups excluding carboxylic acids is 1. The molecule has 146 valence electrons. The lowest BCUT2D eigenvalue weighted by molar-refractivity contribution is 0.252. The van der Waals surface area contributed by atoms with Crippen molar-refractivity contribution in [3.63, 3.8) is 0 Å². The molecule has 0 fully saturated rings. The van der Waals surface area contributed by atoms with E-state index in [1.54, 1.807) is 0 Å². The predicted octanol–water partition coefficient (Wildman–Crippen LogP) is 3.80. The first-order valence-electron chi connectivity index (χ1n) is 9.26. The first-order valence-corrected chi connectivity index (χ1v) is 9.26. The van der Waals surface area contributed by atoms with Gasteiger partial charge in [0.2, 0.25) is 0 Å². The van der Waals surface area contributed by atoms with Gasteiger partial charge in [-0.1, -0.05) is 32.9 Å². The molecular weight excluding hydrogens is 352 g/mol. The normalized spacial score (nSPS) is 11.1. The van der Waals surface area contributed by atoms with E-state index in [9.17, 15) is 4.79 Å². The van der Waals surface area contributed by atoms with E-state index in [0.717, 1.165) is 11.5 Å². The summed E-state index contributed by atoms with van der Waals surface area (Å²) in [4.78, 5) is 20.5. The molecule has 0 aliphatic heterocycles. The third kappa shape index (κ3) is 5.33. The highest BCUT2D eigenvalue weighted by Crippen LogP contribution is 2.23. The van der Waals surface area contributed by atoms with Crippen molar-refractivity contribution in [2.24, 2.45) is 0 Å². The number of nitrogens with one attached hydrogen (secondary N) is 3. The highest BCUT2D eigenvalue weighted by molar-refractivity contribution is 5.89. The number of rotatable bonds is 6. The second-order valence-electron chi connectivity index (χ2n) is 7.49. The molecule has 0 saturated carbocycles. The molecule has 7 heteroatoms. The third-order valence-corrected chi connectivity index (χ3v) is 4.25. The number of anilines is 2. The van der Waals surface area contributed by atoms with Crippen LogP contribution in [-0.2, 0) is 5.41 Å². The van der Waals surface area contributed by atoms with Crippen LogP contribution in [0.1, 0.15) is 26.3 Å². The number of nitrogens with zero attached hydrogens (tertiary/aromatic N) is 3. The Labute approximate surface area is 165 Å². The SMILES string of the molecule is CC(C)(C)c1ccc(NC(=O)NCCNc2cc(-n3cccc3)ncn2)cc1. The van der Waals surface area contributed by atoms with Gasteiger partial charge < -0.3 is 20.5 Å². The molecule has 0 saturated heterocycles. The summed E-state index contributed by atoms with van der Waals surface area (Å²) in [5.41, 5.74) is 2.09. The Morgan fingerprint density at radius 1 is 1.04 bits per heavy atom. The van der Waals surface area contributed by atoms with Crippen LogP contribution in [0, 0.1) is 0 Å². The molecule has 2 heterocycles. The fourth-order valence-corrected chi connectivity index (χ4v) is 2.67. The molecule has 0 bridgehead atoms. The van der Waals surface area contributed by atoms with Gasteiger partial charge >= 0.3 is 6.03 Å². The maximum atomic E-state index is 12.0. The van der Waals surface area contributed by atoms with Crippen molar-refractivity contribution in [1.82, 2.24) is 19.9 Å². The van der Waals surface area contributed by atoms with E-state index in [1.165, 1.54) is 11.9 Å². The van der Waals surface area contributed by atoms with Gasteiger partial charge in [-0.05, 0) is 35.2 Å². The van der Waals surface area contributed by atoms with E-state index >= 15 is 0 Å². The summed E-state index contributed by atoms with van der Waals surface area (Å²) >= 11 is 0. The molecule has 0 aliphatic rings. The number of amides is 2. The van der Waals surface area contributed by atoms with Gasteiger partial charge in [0, 0.05) is 37.2 Å². The van der Waals surface area contributed by atoms with Crippen molar-refractivity contribution in [2.45, 2.75) is 26.2 Å². The average Bonchev–Trinajstić information content (AvgIpc) is 3.20. The highest BCUT2D eigenvalue weighted by Gasteiger charge is 2.13. The van der Waals surface area contributed by atoms with Crippen LogP contribution in [-0.4, -0.2) is 33.7 Å². The van der Waals surface area contributed by atoms with Crippen LogP contribution in [0.5, 0.6) is 0 Å². The van der Waals surface area contributed by atoms with Crippen LogP contribution >= 0.6 is 0 Å². The summed E-state index contributed by atoms with van der Waals surface area (Å²) in [6.07, 6.45) is 5.36. The fourth-order valence-electron chi connectivity index (χ4n) is 2.67. The standard InChI is InChI=1S/C21H26N6O/c1-21(2,3)16-6-8-17(9-7-16)26-20(28)23-11-10-22-18-14-19(25-15-24-18)27-12-4-5-13-27/h4-9,12-15H,10-11H2,1-3H3,(H,22,24,25)(H2,23,26,28). The lowest BCUT2D eigenvalue weighted by atomic mass is 9.87. The molecule has 3 N–H and O–H groups in total. The lowest BCUT2D eigenvalue weighted by Crippen LogP contribution is -2.32. The molecule has 3 aromatic rings. The van der Waals surface area contributed by atoms with Gasteiger partial charge in [-0.3, -0.25) is 0 Å². The Morgan fingerprint density at radius 3 is 2.43 bits per heavy atom. The first kappa shape index (κ1) is 19.4. The molecule has 3 rings (SSSR count). The zero-order valence-corrected chi connectivity index (χ0v) is 16.4. The molecule has 2 amide bonds. The van der Waals surface area contributed by atoms with Crippen LogP contribution < -0.4 is 16.0 Å². The van der Waals surface area contributed by atoms with E-state index in [4.69, 9.17) is 0 Å². The van der Waals surface area contributed by atoms with Gasteiger partial charge in [-0.15, -0.1) is 0 Å². The van der Waals surface area contributed by atoms with Gasteiger partial charge in [0.05, 0.1) is 0 Å². The van der Waals surface area contributed by atoms with Crippen LogP contribution in [0.4, 0.5) is 16.3 Å². The second kappa shape index (κ2) is 8.56. The van der Waals surface area contributed by atoms with Gasteiger partial charge in [0.15, 0.2) is 0 Å². The number of hydrogen-bond acceptors (Lipinski definition) is 4. The van der Waals surface area contributed by atoms with Crippen molar-refractivity contribution in [3.05, 3.63) is 66.7 Å². The number of benzene rings is 1. The molecule has 1 aromatic carbocycles. The van der Waals surface area contributed by atoms with Crippen LogP contribution in [0.15, 0.2) is 61.2 Å². The summed E-state index contributed by atoms with van der Waals surface area (Å²) in [6.45, 7) is 7.50. The Hall–Kier alpha value is -3.35. The van der Waals surface area contributed by atoms with Gasteiger partial charge in [0.1, 0.15) is 18.0 Å². The first-order chi connectivity index (χ1) is 13.4. The quantitative estimate of drug-likeness (QED) is 0.570. The zero-order valence-electron chi connectivity index (χ0n) is 16.4. The van der Waals surface area contributed by atoms with Crippen molar-refractivity contribution in [1.29, 1.82) is 0 Å². The maximum Gasteiger partial charge on any atom is 0.319 e. The molecule has 0 radical (unpaired) electrons. The van der Waals surface area contributed by atoms with Gasteiger partial charge in [-0.2, -0.15) is 0 Å². The highest BCUT2D eigenvalue weighted by atomic mass is 16.2. The minimum absolute atomic E-state index is 0.0919. The monoisotopic (exact) mass is 378 g/mol. The topological polar surface area (TPSA) is 83.9 Å². The van der Waals surface area contributed by atoms with Crippen LogP contribution in [0.3, 0.4) is 0 Å². The van der Waals surface area contributed by atoms with E-state index in [0.29, 0.717) is 18.9 Å². The third-order valence-electron chi connectivity index (χ3n) is 4.25. The van der Waals surface area contributed by atoms with E-state index in [2.05, 4.69) is 46.7 Å². The fraction of sp³-hybridized carbons (Fsp3) is 0.286. The molecular formula is C21H26N6O. The molecule has 2 aromatic heterocycles. The molecule has 7 nitrogen and oxygen atoms in total. The van der Waals surface area contributed by atoms with Crippen LogP contribution in [0.2, 0.25) is 0 Å². The van der Waals surface area contributed by atoms with Crippen LogP contribution in [0.25, 0.3) is 5.82 Å². The van der Waals surface area contributed by atoms with Gasteiger partial charge in [0.25, 0.3) is 0 Å². The second-order valence-corrected chi connectivity index (χ2v) is 7.49. The Kier molecular flexibility index (Phi) is 5.93. The summed E-state index contributed by atoms with van der Waals surface area (Å²) in [6, 6.07) is 13.4. The summed E-state index contributed by atoms with van der Waals surface area (Å²) < 4.78 is 1.91. The van der Waals surface area contributed by atoms with Crippen molar-refractivity contribution >= 4 is 17.5 Å².